The molecule has 0 aromatic rings. The van der Waals surface area contributed by atoms with Gasteiger partial charge >= 0.3 is 17.9 Å². The number of unbranched alkanes of at least 4 members (excludes halogenated alkanes) is 17. The van der Waals surface area contributed by atoms with Crippen LogP contribution in [0.3, 0.4) is 0 Å². The van der Waals surface area contributed by atoms with Crippen molar-refractivity contribution in [3.05, 3.63) is 0 Å². The predicted molar refractivity (Wildman–Crippen MR) is 230 cm³/mol. The number of nitrogens with one attached hydrogen (secondary N) is 4. The summed E-state index contributed by atoms with van der Waals surface area (Å²) >= 11 is 0. The third kappa shape index (κ3) is 49.4. The molecule has 0 heterocycles. The molecule has 0 spiro atoms. The second-order valence-corrected chi connectivity index (χ2v) is 14.6. The fraction of sp³-hybridized carbons (Fsp3) is 0.825. The van der Waals surface area contributed by atoms with Crippen LogP contribution < -0.4 is 44.6 Å². The number of rotatable bonds is 37. The minimum absolute atomic E-state index is 0. The van der Waals surface area contributed by atoms with Gasteiger partial charge in [-0.25, -0.2) is 10.9 Å². The molecular weight excluding hydrogens is 775 g/mol. The van der Waals surface area contributed by atoms with Crippen molar-refractivity contribution in [1.82, 2.24) is 21.7 Å². The Hall–Kier alpha value is -2.87. The van der Waals surface area contributed by atoms with Crippen LogP contribution in [-0.4, -0.2) is 111 Å². The third-order valence-corrected chi connectivity index (χ3v) is 9.03. The van der Waals surface area contributed by atoms with Gasteiger partial charge in [0.25, 0.3) is 0 Å². The normalized spacial score (nSPS) is 11.9. The van der Waals surface area contributed by atoms with E-state index in [1.54, 1.807) is 0 Å². The van der Waals surface area contributed by atoms with Gasteiger partial charge in [-0.05, 0) is 45.1 Å². The quantitative estimate of drug-likeness (QED) is 0.0242. The van der Waals surface area contributed by atoms with Gasteiger partial charge < -0.3 is 38.3 Å². The summed E-state index contributed by atoms with van der Waals surface area (Å²) in [6.45, 7) is 5.01. The Bertz CT molecular complexity index is 1040. The van der Waals surface area contributed by atoms with Crippen LogP contribution >= 0.6 is 0 Å². The second-order valence-electron chi connectivity index (χ2n) is 14.6. The van der Waals surface area contributed by atoms with Crippen molar-refractivity contribution >= 4 is 71.1 Å². The van der Waals surface area contributed by atoms with E-state index >= 15 is 0 Å². The minimum atomic E-state index is -1.13. The van der Waals surface area contributed by atoms with E-state index in [9.17, 15) is 33.6 Å². The van der Waals surface area contributed by atoms with Crippen molar-refractivity contribution in [3.63, 3.8) is 0 Å². The van der Waals surface area contributed by atoms with Crippen molar-refractivity contribution in [3.8, 4) is 0 Å². The average Bonchev–Trinajstić information content (AvgIpc) is 3.16. The molecule has 15 N–H and O–H groups in total. The third-order valence-electron chi connectivity index (χ3n) is 9.03. The molecular formula is C40H80N8NaO10. The molecule has 341 valence electrons. The van der Waals surface area contributed by atoms with E-state index in [4.69, 9.17) is 38.3 Å². The Morgan fingerprint density at radius 3 is 1.05 bits per heavy atom. The fourth-order valence-electron chi connectivity index (χ4n) is 5.37. The van der Waals surface area contributed by atoms with Crippen LogP contribution in [0.25, 0.3) is 0 Å². The van der Waals surface area contributed by atoms with Gasteiger partial charge in [0.05, 0.1) is 0 Å². The van der Waals surface area contributed by atoms with Gasteiger partial charge in [-0.15, -0.1) is 0 Å². The Kier molecular flexibility index (Phi) is 49.2. The zero-order valence-electron chi connectivity index (χ0n) is 36.5. The van der Waals surface area contributed by atoms with Crippen LogP contribution in [0.1, 0.15) is 187 Å². The van der Waals surface area contributed by atoms with Gasteiger partial charge in [0.2, 0.25) is 23.6 Å². The molecule has 0 bridgehead atoms. The molecule has 0 fully saturated rings. The van der Waals surface area contributed by atoms with E-state index < -0.39 is 47.8 Å². The van der Waals surface area contributed by atoms with E-state index in [-0.39, 0.29) is 67.1 Å². The summed E-state index contributed by atoms with van der Waals surface area (Å²) in [6, 6.07) is -2.74. The second kappa shape index (κ2) is 46.2. The fourth-order valence-corrected chi connectivity index (χ4v) is 5.37. The van der Waals surface area contributed by atoms with Crippen molar-refractivity contribution in [2.75, 3.05) is 6.54 Å². The van der Waals surface area contributed by atoms with Crippen molar-refractivity contribution < 1.29 is 48.9 Å². The molecule has 0 aromatic heterocycles. The topological polar surface area (TPSA) is 332 Å². The number of carboxylic acids is 3. The van der Waals surface area contributed by atoms with Gasteiger partial charge in [0.15, 0.2) is 0 Å². The molecule has 19 heteroatoms. The van der Waals surface area contributed by atoms with Crippen LogP contribution in [0.5, 0.6) is 0 Å². The smallest absolute Gasteiger partial charge is 0.322 e. The summed E-state index contributed by atoms with van der Waals surface area (Å²) in [5.41, 5.74) is 30.1. The number of nitrogens with two attached hydrogens (primary N) is 4. The maximum absolute atomic E-state index is 11.7. The summed E-state index contributed by atoms with van der Waals surface area (Å²) < 4.78 is 0. The van der Waals surface area contributed by atoms with Gasteiger partial charge in [0.1, 0.15) is 18.1 Å². The minimum Gasteiger partial charge on any atom is -0.480 e. The van der Waals surface area contributed by atoms with Crippen molar-refractivity contribution in [1.29, 1.82) is 0 Å². The van der Waals surface area contributed by atoms with Crippen LogP contribution in [0.4, 0.5) is 0 Å². The number of aliphatic carboxylic acids is 3. The molecule has 59 heavy (non-hydrogen) atoms. The Morgan fingerprint density at radius 1 is 0.458 bits per heavy atom. The van der Waals surface area contributed by atoms with Crippen LogP contribution in [0, 0.1) is 0 Å². The van der Waals surface area contributed by atoms with E-state index in [0.29, 0.717) is 25.8 Å². The first-order valence-electron chi connectivity index (χ1n) is 21.4. The Labute approximate surface area is 374 Å². The van der Waals surface area contributed by atoms with Gasteiger partial charge in [-0.3, -0.25) is 44.4 Å². The number of hydrogen-bond donors (Lipinski definition) is 11. The molecule has 0 aliphatic carbocycles. The Morgan fingerprint density at radius 2 is 0.780 bits per heavy atom. The van der Waals surface area contributed by atoms with Crippen molar-refractivity contribution in [2.24, 2.45) is 22.9 Å². The number of carbonyl (C=O) groups excluding carboxylic acids is 4. The molecule has 0 saturated heterocycles. The van der Waals surface area contributed by atoms with E-state index in [2.05, 4.69) is 35.6 Å². The van der Waals surface area contributed by atoms with E-state index in [1.807, 2.05) is 0 Å². The van der Waals surface area contributed by atoms with Crippen LogP contribution in [0.15, 0.2) is 0 Å². The van der Waals surface area contributed by atoms with Gasteiger partial charge in [-0.1, -0.05) is 123 Å². The molecule has 4 amide bonds. The standard InChI is InChI=1S/2C17H33N3O4.C6H14N2O2.Na/c2*1-2-3-4-5-6-7-8-9-10-11-16(22)20-19-14(17(23)24)12-13-15(18)21;7-4-2-1-3-5(8)6(9)10;/h2*14,19H,2-13H2,1H3,(H2,18,21)(H,20,22)(H,23,24);5H,1-4,7-8H2,(H,9,10);/t2*14-;5-;/m000./s1. The number of carboxylic acid groups (broad SMARTS) is 3. The SMILES string of the molecule is CCCCCCCCCCCC(=O)NN[C@@H](CCC(N)=O)C(=O)O.CCCCCCCCCCCC(=O)NN[C@@H](CCC(N)=O)C(=O)O.NCCCC[C@H](N)C(=O)O.[Na]. The first-order chi connectivity index (χ1) is 27.6. The zero-order valence-corrected chi connectivity index (χ0v) is 38.5. The van der Waals surface area contributed by atoms with E-state index in [1.165, 1.54) is 77.0 Å². The van der Waals surface area contributed by atoms with Crippen LogP contribution in [-0.2, 0) is 33.6 Å². The number of primary amides is 2. The predicted octanol–water partition coefficient (Wildman–Crippen LogP) is 3.64. The molecule has 1 radical (unpaired) electrons. The molecule has 0 aromatic carbocycles. The average molecular weight is 856 g/mol. The molecule has 0 rings (SSSR count). The van der Waals surface area contributed by atoms with Crippen LogP contribution in [0.2, 0.25) is 0 Å². The first kappa shape index (κ1) is 62.8. The maximum atomic E-state index is 11.7. The van der Waals surface area contributed by atoms with Gasteiger partial charge in [0, 0.05) is 55.2 Å². The number of carbonyl (C=O) groups is 7. The number of hydrogen-bond acceptors (Lipinski definition) is 11. The van der Waals surface area contributed by atoms with Gasteiger partial charge in [-0.2, -0.15) is 0 Å². The number of amides is 4. The van der Waals surface area contributed by atoms with E-state index in [0.717, 1.165) is 51.4 Å². The largest absolute Gasteiger partial charge is 0.480 e. The first-order valence-corrected chi connectivity index (χ1v) is 21.4. The summed E-state index contributed by atoms with van der Waals surface area (Å²) in [5.74, 6) is -4.78. The summed E-state index contributed by atoms with van der Waals surface area (Å²) in [5, 5.41) is 26.3. The summed E-state index contributed by atoms with van der Waals surface area (Å²) in [6.07, 6.45) is 24.0. The Balaban J connectivity index is -0.000000412. The molecule has 0 unspecified atom stereocenters. The molecule has 3 atom stereocenters. The summed E-state index contributed by atoms with van der Waals surface area (Å²) in [4.78, 5) is 76.8. The zero-order chi connectivity index (χ0) is 44.4. The monoisotopic (exact) mass is 856 g/mol. The molecule has 0 aliphatic rings. The molecule has 18 nitrogen and oxygen atoms in total. The summed E-state index contributed by atoms with van der Waals surface area (Å²) in [7, 11) is 0. The molecule has 0 saturated carbocycles. The number of hydrazine groups is 2. The molecule has 0 aliphatic heterocycles. The van der Waals surface area contributed by atoms with Crippen molar-refractivity contribution in [2.45, 2.75) is 205 Å². The maximum Gasteiger partial charge on any atom is 0.322 e.